The number of primary amides is 1. The number of carboxylic acids is 1. The first-order valence-electron chi connectivity index (χ1n) is 10.9. The number of hydrogen-bond acceptors (Lipinski definition) is 8. The minimum atomic E-state index is -1.22. The van der Waals surface area contributed by atoms with Crippen LogP contribution in [0.3, 0.4) is 0 Å². The van der Waals surface area contributed by atoms with Crippen molar-refractivity contribution in [3.8, 4) is 0 Å². The molecule has 1 aliphatic heterocycles. The number of fused-ring (bicyclic) bond motifs is 1. The van der Waals surface area contributed by atoms with Crippen LogP contribution in [0.25, 0.3) is 11.0 Å². The van der Waals surface area contributed by atoms with E-state index in [2.05, 4.69) is 25.9 Å². The zero-order chi connectivity index (χ0) is 26.5. The van der Waals surface area contributed by atoms with Gasteiger partial charge in [0.2, 0.25) is 0 Å². The Morgan fingerprint density at radius 3 is 2.49 bits per heavy atom. The van der Waals surface area contributed by atoms with E-state index in [0.29, 0.717) is 0 Å². The van der Waals surface area contributed by atoms with Gasteiger partial charge >= 0.3 is 11.9 Å². The number of carbonyl (C=O) groups excluding carboxylic acids is 2. The van der Waals surface area contributed by atoms with E-state index in [4.69, 9.17) is 20.6 Å². The van der Waals surface area contributed by atoms with Crippen molar-refractivity contribution in [3.05, 3.63) is 22.0 Å². The standard InChI is InChI=1S/C22H30BrN5O7/c1-21(2,3)20(33)34-7-10-9(6-22(4,5)19(31)32)13(29)18(35-10)28-8-26-15(24)12-11(16(25)30)14(23)27-17(12)28/h8-10,13,18,24,27,29H,6-7H2,1-5H3,(H2,25,30)(H,31,32). The van der Waals surface area contributed by atoms with Gasteiger partial charge in [0.05, 0.1) is 32.5 Å². The lowest BCUT2D eigenvalue weighted by Crippen LogP contribution is -2.37. The molecule has 2 aromatic rings. The highest BCUT2D eigenvalue weighted by atomic mass is 79.9. The van der Waals surface area contributed by atoms with Gasteiger partial charge in [0.15, 0.2) is 11.7 Å². The molecule has 13 heteroatoms. The zero-order valence-electron chi connectivity index (χ0n) is 20.1. The van der Waals surface area contributed by atoms with Crippen molar-refractivity contribution in [1.29, 1.82) is 5.41 Å². The van der Waals surface area contributed by atoms with E-state index in [1.54, 1.807) is 20.8 Å². The van der Waals surface area contributed by atoms with Gasteiger partial charge in [-0.3, -0.25) is 24.4 Å². The number of carboxylic acid groups (broad SMARTS) is 1. The fraction of sp³-hybridized carbons (Fsp3) is 0.591. The lowest BCUT2D eigenvalue weighted by molar-refractivity contribution is -0.159. The predicted molar refractivity (Wildman–Crippen MR) is 126 cm³/mol. The van der Waals surface area contributed by atoms with E-state index in [0.717, 1.165) is 0 Å². The lowest BCUT2D eigenvalue weighted by atomic mass is 9.79. The second-order valence-electron chi connectivity index (χ2n) is 10.4. The molecule has 35 heavy (non-hydrogen) atoms. The number of nitrogens with two attached hydrogens (primary N) is 1. The van der Waals surface area contributed by atoms with Crippen LogP contribution >= 0.6 is 15.9 Å². The van der Waals surface area contributed by atoms with Crippen LogP contribution in [0, 0.1) is 22.2 Å². The molecule has 0 radical (unpaired) electrons. The van der Waals surface area contributed by atoms with Crippen molar-refractivity contribution in [2.24, 2.45) is 22.5 Å². The van der Waals surface area contributed by atoms with Crippen LogP contribution in [0.4, 0.5) is 0 Å². The van der Waals surface area contributed by atoms with Crippen molar-refractivity contribution in [1.82, 2.24) is 14.5 Å². The molecule has 0 aromatic carbocycles. The molecular formula is C22H30BrN5O7. The maximum Gasteiger partial charge on any atom is 0.311 e. The van der Waals surface area contributed by atoms with Crippen LogP contribution in [-0.4, -0.2) is 61.4 Å². The highest BCUT2D eigenvalue weighted by Gasteiger charge is 2.49. The number of nitrogens with zero attached hydrogens (tertiary/aromatic N) is 2. The Bertz CT molecular complexity index is 1230. The van der Waals surface area contributed by atoms with E-state index in [1.807, 2.05) is 0 Å². The number of aromatic amines is 1. The van der Waals surface area contributed by atoms with Crippen LogP contribution in [-0.2, 0) is 19.1 Å². The molecule has 1 saturated heterocycles. The molecule has 3 heterocycles. The molecule has 2 aromatic heterocycles. The average molecular weight is 556 g/mol. The summed E-state index contributed by atoms with van der Waals surface area (Å²) < 4.78 is 13.2. The predicted octanol–water partition coefficient (Wildman–Crippen LogP) is 1.67. The van der Waals surface area contributed by atoms with E-state index in [1.165, 1.54) is 24.7 Å². The summed E-state index contributed by atoms with van der Waals surface area (Å²) in [6.07, 6.45) is -1.82. The number of H-pyrrole nitrogens is 1. The third-order valence-corrected chi connectivity index (χ3v) is 6.69. The molecule has 0 spiro atoms. The SMILES string of the molecule is CC(C)(C)C(=O)OCC1OC(n2cnc(=N)c3c(C(N)=O)c(Br)[nH]c32)C(O)C1CC(C)(C)C(=O)O. The first kappa shape index (κ1) is 26.8. The van der Waals surface area contributed by atoms with Crippen molar-refractivity contribution in [3.63, 3.8) is 0 Å². The van der Waals surface area contributed by atoms with Gasteiger partial charge in [-0.25, -0.2) is 4.98 Å². The molecule has 12 nitrogen and oxygen atoms in total. The number of aliphatic hydroxyl groups excluding tert-OH is 1. The molecule has 192 valence electrons. The molecule has 4 unspecified atom stereocenters. The number of aliphatic carboxylic acids is 1. The minimum Gasteiger partial charge on any atom is -0.481 e. The van der Waals surface area contributed by atoms with E-state index >= 15 is 0 Å². The summed E-state index contributed by atoms with van der Waals surface area (Å²) >= 11 is 3.23. The molecule has 0 bridgehead atoms. The van der Waals surface area contributed by atoms with Crippen LogP contribution in [0.2, 0.25) is 0 Å². The highest BCUT2D eigenvalue weighted by molar-refractivity contribution is 9.10. The Balaban J connectivity index is 2.04. The molecule has 1 aliphatic rings. The van der Waals surface area contributed by atoms with Crippen LogP contribution in [0.1, 0.15) is 57.6 Å². The molecule has 6 N–H and O–H groups in total. The van der Waals surface area contributed by atoms with Crippen molar-refractivity contribution >= 4 is 44.8 Å². The van der Waals surface area contributed by atoms with E-state index in [-0.39, 0.29) is 39.7 Å². The summed E-state index contributed by atoms with van der Waals surface area (Å²) in [5.74, 6) is -3.01. The smallest absolute Gasteiger partial charge is 0.311 e. The number of carbonyl (C=O) groups is 3. The number of esters is 1. The molecule has 4 atom stereocenters. The summed E-state index contributed by atoms with van der Waals surface area (Å²) in [7, 11) is 0. The van der Waals surface area contributed by atoms with Gasteiger partial charge in [-0.1, -0.05) is 0 Å². The highest BCUT2D eigenvalue weighted by Crippen LogP contribution is 2.42. The van der Waals surface area contributed by atoms with Gasteiger partial charge in [-0.2, -0.15) is 0 Å². The number of hydrogen-bond donors (Lipinski definition) is 5. The Kier molecular flexibility index (Phi) is 7.17. The zero-order valence-corrected chi connectivity index (χ0v) is 21.7. The van der Waals surface area contributed by atoms with Gasteiger partial charge < -0.3 is 30.4 Å². The van der Waals surface area contributed by atoms with E-state index in [9.17, 15) is 24.6 Å². The van der Waals surface area contributed by atoms with Crippen LogP contribution in [0.15, 0.2) is 10.9 Å². The van der Waals surface area contributed by atoms with Crippen LogP contribution < -0.4 is 11.2 Å². The minimum absolute atomic E-state index is 0.0264. The molecule has 1 amide bonds. The summed E-state index contributed by atoms with van der Waals surface area (Å²) in [4.78, 5) is 43.0. The summed E-state index contributed by atoms with van der Waals surface area (Å²) in [6, 6.07) is 0. The van der Waals surface area contributed by atoms with Crippen molar-refractivity contribution in [2.75, 3.05) is 6.61 Å². The number of aromatic nitrogens is 3. The quantitative estimate of drug-likeness (QED) is 0.318. The molecule has 1 fully saturated rings. The fourth-order valence-corrected chi connectivity index (χ4v) is 4.62. The van der Waals surface area contributed by atoms with Crippen molar-refractivity contribution < 1.29 is 34.1 Å². The normalized spacial score (nSPS) is 22.9. The monoisotopic (exact) mass is 555 g/mol. The Morgan fingerprint density at radius 2 is 1.94 bits per heavy atom. The fourth-order valence-electron chi connectivity index (χ4n) is 4.04. The second kappa shape index (κ2) is 9.36. The van der Waals surface area contributed by atoms with Gasteiger partial charge in [0.1, 0.15) is 24.7 Å². The topological polar surface area (TPSA) is 194 Å². The number of nitrogens with one attached hydrogen (secondary N) is 2. The summed E-state index contributed by atoms with van der Waals surface area (Å²) in [6.45, 7) is 7.99. The number of rotatable bonds is 7. The largest absolute Gasteiger partial charge is 0.481 e. The van der Waals surface area contributed by atoms with Gasteiger partial charge in [0.25, 0.3) is 5.91 Å². The average Bonchev–Trinajstić information content (AvgIpc) is 3.23. The number of amides is 1. The number of ether oxygens (including phenoxy) is 2. The maximum absolute atomic E-state index is 12.3. The third kappa shape index (κ3) is 5.11. The molecular weight excluding hydrogens is 526 g/mol. The number of halogens is 1. The first-order chi connectivity index (χ1) is 16.1. The van der Waals surface area contributed by atoms with Crippen molar-refractivity contribution in [2.45, 2.75) is 59.5 Å². The van der Waals surface area contributed by atoms with Gasteiger partial charge in [-0.15, -0.1) is 0 Å². The van der Waals surface area contributed by atoms with Gasteiger partial charge in [0, 0.05) is 5.92 Å². The summed E-state index contributed by atoms with van der Waals surface area (Å²) in [5.41, 5.74) is 3.58. The number of aliphatic hydroxyl groups is 1. The Morgan fingerprint density at radius 1 is 1.31 bits per heavy atom. The van der Waals surface area contributed by atoms with Crippen LogP contribution in [0.5, 0.6) is 0 Å². The van der Waals surface area contributed by atoms with Gasteiger partial charge in [-0.05, 0) is 57.0 Å². The lowest BCUT2D eigenvalue weighted by Gasteiger charge is -2.28. The Labute approximate surface area is 209 Å². The molecule has 0 aliphatic carbocycles. The third-order valence-electron chi connectivity index (χ3n) is 6.10. The second-order valence-corrected chi connectivity index (χ2v) is 11.2. The summed E-state index contributed by atoms with van der Waals surface area (Å²) in [5, 5.41) is 29.2. The molecule has 3 rings (SSSR count). The maximum atomic E-state index is 12.3. The Hall–Kier alpha value is -2.77. The molecule has 0 saturated carbocycles. The van der Waals surface area contributed by atoms with E-state index < -0.39 is 53.0 Å². The first-order valence-corrected chi connectivity index (χ1v) is 11.7.